The lowest BCUT2D eigenvalue weighted by molar-refractivity contribution is 0.409. The molecule has 17 heavy (non-hydrogen) atoms. The Hall–Kier alpha value is -1.05. The van der Waals surface area contributed by atoms with E-state index in [-0.39, 0.29) is 11.6 Å². The third-order valence-electron chi connectivity index (χ3n) is 2.61. The topological polar surface area (TPSA) is 58.2 Å². The Balaban J connectivity index is 2.35. The molecule has 0 radical (unpaired) electrons. The number of hydrogen-bond donors (Lipinski definition) is 2. The quantitative estimate of drug-likeness (QED) is 0.835. The highest BCUT2D eigenvalue weighted by Crippen LogP contribution is 2.19. The normalized spacial score (nSPS) is 16.9. The molecule has 94 valence electrons. The summed E-state index contributed by atoms with van der Waals surface area (Å²) in [7, 11) is -3.92. The minimum absolute atomic E-state index is 0.0958. The van der Waals surface area contributed by atoms with E-state index in [0.29, 0.717) is 19.2 Å². The second-order valence-corrected chi connectivity index (χ2v) is 5.69. The van der Waals surface area contributed by atoms with E-state index in [1.807, 2.05) is 0 Å². The number of aryl methyl sites for hydroxylation is 1. The number of sulfonamides is 1. The number of hydrogen-bond acceptors (Lipinski definition) is 3. The summed E-state index contributed by atoms with van der Waals surface area (Å²) in [6.45, 7) is 2.42. The third-order valence-corrected chi connectivity index (χ3v) is 4.14. The summed E-state index contributed by atoms with van der Waals surface area (Å²) >= 11 is 0. The highest BCUT2D eigenvalue weighted by Gasteiger charge is 2.27. The molecule has 0 atom stereocenters. The molecule has 2 rings (SSSR count). The maximum absolute atomic E-state index is 13.4. The summed E-state index contributed by atoms with van der Waals surface area (Å²) in [5, 5.41) is 2.89. The van der Waals surface area contributed by atoms with Crippen molar-refractivity contribution in [2.24, 2.45) is 0 Å². The summed E-state index contributed by atoms with van der Waals surface area (Å²) in [5.74, 6) is -1.83. The van der Waals surface area contributed by atoms with Gasteiger partial charge in [-0.25, -0.2) is 21.9 Å². The third kappa shape index (κ3) is 2.46. The van der Waals surface area contributed by atoms with E-state index in [1.54, 1.807) is 0 Å². The summed E-state index contributed by atoms with van der Waals surface area (Å²) in [6, 6.07) is 1.35. The second kappa shape index (κ2) is 4.32. The fraction of sp³-hybridized carbons (Fsp3) is 0.400. The number of rotatable bonds is 3. The van der Waals surface area contributed by atoms with Gasteiger partial charge in [0, 0.05) is 25.2 Å². The zero-order chi connectivity index (χ0) is 12.6. The summed E-state index contributed by atoms with van der Waals surface area (Å²) in [4.78, 5) is -0.511. The lowest BCUT2D eigenvalue weighted by atomic mass is 10.2. The van der Waals surface area contributed by atoms with Gasteiger partial charge in [0.15, 0.2) is 0 Å². The van der Waals surface area contributed by atoms with Crippen molar-refractivity contribution < 1.29 is 17.2 Å². The maximum Gasteiger partial charge on any atom is 0.243 e. The molecule has 1 aliphatic rings. The molecule has 1 aromatic rings. The van der Waals surface area contributed by atoms with Crippen LogP contribution >= 0.6 is 0 Å². The van der Waals surface area contributed by atoms with Gasteiger partial charge in [0.25, 0.3) is 0 Å². The van der Waals surface area contributed by atoms with Crippen molar-refractivity contribution in [3.05, 3.63) is 29.3 Å². The van der Waals surface area contributed by atoms with Crippen LogP contribution in [-0.4, -0.2) is 27.5 Å². The first-order chi connectivity index (χ1) is 7.90. The molecular formula is C10H12F2N2O2S. The fourth-order valence-electron chi connectivity index (χ4n) is 1.49. The maximum atomic E-state index is 13.4. The van der Waals surface area contributed by atoms with Crippen LogP contribution in [0.2, 0.25) is 0 Å². The molecule has 0 unspecified atom stereocenters. The Bertz CT molecular complexity index is 541. The molecule has 0 bridgehead atoms. The van der Waals surface area contributed by atoms with Crippen LogP contribution in [0, 0.1) is 18.6 Å². The van der Waals surface area contributed by atoms with Crippen LogP contribution in [0.15, 0.2) is 17.0 Å². The average molecular weight is 262 g/mol. The van der Waals surface area contributed by atoms with E-state index < -0.39 is 26.6 Å². The molecule has 0 aliphatic carbocycles. The van der Waals surface area contributed by atoms with E-state index >= 15 is 0 Å². The molecule has 1 fully saturated rings. The van der Waals surface area contributed by atoms with Gasteiger partial charge in [-0.05, 0) is 18.6 Å². The number of benzene rings is 1. The number of nitrogens with one attached hydrogen (secondary N) is 2. The largest absolute Gasteiger partial charge is 0.313 e. The molecule has 1 aromatic carbocycles. The first-order valence-electron chi connectivity index (χ1n) is 5.09. The zero-order valence-corrected chi connectivity index (χ0v) is 9.94. The molecule has 1 aliphatic heterocycles. The fourth-order valence-corrected chi connectivity index (χ4v) is 2.87. The van der Waals surface area contributed by atoms with E-state index in [4.69, 9.17) is 0 Å². The minimum atomic E-state index is -3.92. The van der Waals surface area contributed by atoms with Crippen molar-refractivity contribution in [3.63, 3.8) is 0 Å². The van der Waals surface area contributed by atoms with Crippen molar-refractivity contribution in [2.45, 2.75) is 17.9 Å². The Morgan fingerprint density at radius 1 is 1.29 bits per heavy atom. The molecule has 7 heteroatoms. The van der Waals surface area contributed by atoms with Crippen molar-refractivity contribution in [1.82, 2.24) is 10.0 Å². The average Bonchev–Trinajstić information content (AvgIpc) is 2.17. The van der Waals surface area contributed by atoms with Gasteiger partial charge in [0.1, 0.15) is 16.5 Å². The first kappa shape index (κ1) is 12.4. The van der Waals surface area contributed by atoms with Crippen LogP contribution < -0.4 is 10.0 Å². The molecule has 1 saturated heterocycles. The SMILES string of the molecule is Cc1cc(S(=O)(=O)NC2CNC2)c(F)cc1F. The summed E-state index contributed by atoms with van der Waals surface area (Å²) in [5.41, 5.74) is 0.0958. The van der Waals surface area contributed by atoms with Gasteiger partial charge < -0.3 is 5.32 Å². The van der Waals surface area contributed by atoms with Crippen LogP contribution in [0.1, 0.15) is 5.56 Å². The molecular weight excluding hydrogens is 250 g/mol. The Labute approximate surface area is 98.1 Å². The zero-order valence-electron chi connectivity index (χ0n) is 9.13. The molecule has 1 heterocycles. The number of halogens is 2. The smallest absolute Gasteiger partial charge is 0.243 e. The Kier molecular flexibility index (Phi) is 3.15. The van der Waals surface area contributed by atoms with Gasteiger partial charge in [-0.3, -0.25) is 0 Å². The highest BCUT2D eigenvalue weighted by molar-refractivity contribution is 7.89. The molecule has 0 amide bonds. The minimum Gasteiger partial charge on any atom is -0.313 e. The van der Waals surface area contributed by atoms with Crippen molar-refractivity contribution in [2.75, 3.05) is 13.1 Å². The van der Waals surface area contributed by atoms with Gasteiger partial charge in [-0.2, -0.15) is 0 Å². The van der Waals surface area contributed by atoms with E-state index in [9.17, 15) is 17.2 Å². The van der Waals surface area contributed by atoms with Crippen LogP contribution in [0.3, 0.4) is 0 Å². The van der Waals surface area contributed by atoms with Crippen LogP contribution in [0.4, 0.5) is 8.78 Å². The van der Waals surface area contributed by atoms with Crippen LogP contribution in [-0.2, 0) is 10.0 Å². The van der Waals surface area contributed by atoms with Gasteiger partial charge in [-0.15, -0.1) is 0 Å². The van der Waals surface area contributed by atoms with Gasteiger partial charge >= 0.3 is 0 Å². The highest BCUT2D eigenvalue weighted by atomic mass is 32.2. The monoisotopic (exact) mass is 262 g/mol. The Morgan fingerprint density at radius 2 is 1.94 bits per heavy atom. The van der Waals surface area contributed by atoms with Gasteiger partial charge in [0.05, 0.1) is 0 Å². The van der Waals surface area contributed by atoms with Crippen molar-refractivity contribution >= 4 is 10.0 Å². The van der Waals surface area contributed by atoms with Crippen molar-refractivity contribution in [1.29, 1.82) is 0 Å². The molecule has 0 saturated carbocycles. The van der Waals surface area contributed by atoms with Gasteiger partial charge in [0.2, 0.25) is 10.0 Å². The lowest BCUT2D eigenvalue weighted by Gasteiger charge is -2.27. The summed E-state index contributed by atoms with van der Waals surface area (Å²) in [6.07, 6.45) is 0. The first-order valence-corrected chi connectivity index (χ1v) is 6.57. The van der Waals surface area contributed by atoms with E-state index in [1.165, 1.54) is 6.92 Å². The predicted molar refractivity (Wildman–Crippen MR) is 58.1 cm³/mol. The van der Waals surface area contributed by atoms with E-state index in [2.05, 4.69) is 10.0 Å². The standard InChI is InChI=1S/C10H12F2N2O2S/c1-6-2-10(9(12)3-8(6)11)17(15,16)14-7-4-13-5-7/h2-3,7,13-14H,4-5H2,1H3. The predicted octanol–water partition coefficient (Wildman–Crippen LogP) is 0.523. The molecule has 0 aromatic heterocycles. The van der Waals surface area contributed by atoms with Gasteiger partial charge in [-0.1, -0.05) is 0 Å². The lowest BCUT2D eigenvalue weighted by Crippen LogP contribution is -2.56. The molecule has 2 N–H and O–H groups in total. The second-order valence-electron chi connectivity index (χ2n) is 4.01. The van der Waals surface area contributed by atoms with Crippen molar-refractivity contribution in [3.8, 4) is 0 Å². The van der Waals surface area contributed by atoms with Crippen LogP contribution in [0.5, 0.6) is 0 Å². The molecule has 0 spiro atoms. The molecule has 4 nitrogen and oxygen atoms in total. The van der Waals surface area contributed by atoms with Crippen LogP contribution in [0.25, 0.3) is 0 Å². The van der Waals surface area contributed by atoms with E-state index in [0.717, 1.165) is 6.07 Å². The summed E-state index contributed by atoms with van der Waals surface area (Å²) < 4.78 is 52.4. The Morgan fingerprint density at radius 3 is 2.47 bits per heavy atom.